The van der Waals surface area contributed by atoms with Crippen LogP contribution in [0, 0.1) is 5.92 Å². The molecule has 2 N–H and O–H groups in total. The van der Waals surface area contributed by atoms with E-state index in [1.54, 1.807) is 4.90 Å². The first-order valence-electron chi connectivity index (χ1n) is 8.24. The van der Waals surface area contributed by atoms with Crippen molar-refractivity contribution in [3.05, 3.63) is 24.3 Å². The van der Waals surface area contributed by atoms with E-state index in [2.05, 4.69) is 23.9 Å². The maximum atomic E-state index is 12.3. The molecule has 0 spiro atoms. The quantitative estimate of drug-likeness (QED) is 0.694. The van der Waals surface area contributed by atoms with Crippen molar-refractivity contribution in [3.63, 3.8) is 0 Å². The number of rotatable bonds is 9. The molecule has 0 aliphatic rings. The van der Waals surface area contributed by atoms with Crippen molar-refractivity contribution in [2.24, 2.45) is 5.92 Å². The SMILES string of the molecule is CC(=O)Nc1ccc(S(=O)(=O)NCCN(CCC(C)C)C(C)=O)cc1. The second-order valence-corrected chi connectivity index (χ2v) is 8.06. The lowest BCUT2D eigenvalue weighted by Crippen LogP contribution is -2.38. The van der Waals surface area contributed by atoms with Crippen LogP contribution in [0.1, 0.15) is 34.1 Å². The van der Waals surface area contributed by atoms with E-state index in [1.807, 2.05) is 0 Å². The van der Waals surface area contributed by atoms with Gasteiger partial charge in [-0.15, -0.1) is 0 Å². The van der Waals surface area contributed by atoms with Gasteiger partial charge in [-0.1, -0.05) is 13.8 Å². The summed E-state index contributed by atoms with van der Waals surface area (Å²) in [6, 6.07) is 5.91. The minimum atomic E-state index is -3.66. The zero-order chi connectivity index (χ0) is 19.0. The minimum Gasteiger partial charge on any atom is -0.342 e. The van der Waals surface area contributed by atoms with Gasteiger partial charge in [0, 0.05) is 39.2 Å². The molecule has 2 amide bonds. The predicted molar refractivity (Wildman–Crippen MR) is 97.6 cm³/mol. The molecule has 0 saturated carbocycles. The molecule has 0 atom stereocenters. The lowest BCUT2D eigenvalue weighted by Gasteiger charge is -2.22. The van der Waals surface area contributed by atoms with E-state index in [9.17, 15) is 18.0 Å². The Labute approximate surface area is 149 Å². The minimum absolute atomic E-state index is 0.0699. The topological polar surface area (TPSA) is 95.6 Å². The zero-order valence-corrected chi connectivity index (χ0v) is 16.0. The van der Waals surface area contributed by atoms with Crippen molar-refractivity contribution >= 4 is 27.5 Å². The number of carbonyl (C=O) groups is 2. The van der Waals surface area contributed by atoms with Crippen LogP contribution in [0.2, 0.25) is 0 Å². The molecule has 140 valence electrons. The van der Waals surface area contributed by atoms with Gasteiger partial charge in [0.25, 0.3) is 0 Å². The summed E-state index contributed by atoms with van der Waals surface area (Å²) in [7, 11) is -3.66. The lowest BCUT2D eigenvalue weighted by atomic mass is 10.1. The van der Waals surface area contributed by atoms with Crippen molar-refractivity contribution < 1.29 is 18.0 Å². The van der Waals surface area contributed by atoms with Crippen LogP contribution in [0.15, 0.2) is 29.2 Å². The fourth-order valence-corrected chi connectivity index (χ4v) is 3.18. The van der Waals surface area contributed by atoms with E-state index in [-0.39, 0.29) is 23.3 Å². The summed E-state index contributed by atoms with van der Waals surface area (Å²) in [4.78, 5) is 24.3. The summed E-state index contributed by atoms with van der Waals surface area (Å²) in [6.45, 7) is 8.10. The molecule has 25 heavy (non-hydrogen) atoms. The van der Waals surface area contributed by atoms with E-state index in [0.717, 1.165) is 6.42 Å². The molecule has 0 heterocycles. The maximum Gasteiger partial charge on any atom is 0.240 e. The number of benzene rings is 1. The van der Waals surface area contributed by atoms with Crippen LogP contribution in [0.25, 0.3) is 0 Å². The molecule has 8 heteroatoms. The molecule has 0 saturated heterocycles. The van der Waals surface area contributed by atoms with Gasteiger partial charge in [-0.3, -0.25) is 9.59 Å². The Hall–Kier alpha value is -1.93. The van der Waals surface area contributed by atoms with E-state index in [4.69, 9.17) is 0 Å². The zero-order valence-electron chi connectivity index (χ0n) is 15.2. The first-order chi connectivity index (χ1) is 11.6. The van der Waals surface area contributed by atoms with Crippen molar-refractivity contribution in [3.8, 4) is 0 Å². The average molecular weight is 369 g/mol. The number of hydrogen-bond acceptors (Lipinski definition) is 4. The molecule has 1 rings (SSSR count). The van der Waals surface area contributed by atoms with Crippen LogP contribution in [0.5, 0.6) is 0 Å². The van der Waals surface area contributed by atoms with Crippen molar-refractivity contribution in [2.45, 2.75) is 39.0 Å². The van der Waals surface area contributed by atoms with Gasteiger partial charge < -0.3 is 10.2 Å². The van der Waals surface area contributed by atoms with Gasteiger partial charge in [-0.2, -0.15) is 0 Å². The molecular formula is C17H27N3O4S. The van der Waals surface area contributed by atoms with Crippen LogP contribution < -0.4 is 10.0 Å². The van der Waals surface area contributed by atoms with Crippen LogP contribution in [-0.2, 0) is 19.6 Å². The molecule has 0 unspecified atom stereocenters. The van der Waals surface area contributed by atoms with E-state index >= 15 is 0 Å². The summed E-state index contributed by atoms with van der Waals surface area (Å²) in [5.74, 6) is 0.180. The van der Waals surface area contributed by atoms with Gasteiger partial charge in [-0.25, -0.2) is 13.1 Å². The normalized spacial score (nSPS) is 11.4. The summed E-state index contributed by atoms with van der Waals surface area (Å²) < 4.78 is 27.1. The monoisotopic (exact) mass is 369 g/mol. The third-order valence-corrected chi connectivity index (χ3v) is 5.06. The number of sulfonamides is 1. The standard InChI is InChI=1S/C17H27N3O4S/c1-13(2)9-11-20(15(4)22)12-10-18-25(23,24)17-7-5-16(6-8-17)19-14(3)21/h5-8,13,18H,9-12H2,1-4H3,(H,19,21). The lowest BCUT2D eigenvalue weighted by molar-refractivity contribution is -0.129. The predicted octanol–water partition coefficient (Wildman–Crippen LogP) is 1.82. The summed E-state index contributed by atoms with van der Waals surface area (Å²) in [5, 5.41) is 2.58. The Kier molecular flexibility index (Phi) is 8.05. The third-order valence-electron chi connectivity index (χ3n) is 3.58. The van der Waals surface area contributed by atoms with Gasteiger partial charge in [0.2, 0.25) is 21.8 Å². The highest BCUT2D eigenvalue weighted by Gasteiger charge is 2.15. The molecule has 7 nitrogen and oxygen atoms in total. The molecule has 0 aliphatic heterocycles. The number of nitrogens with one attached hydrogen (secondary N) is 2. The third kappa shape index (κ3) is 7.66. The molecular weight excluding hydrogens is 342 g/mol. The van der Waals surface area contributed by atoms with Crippen LogP contribution >= 0.6 is 0 Å². The summed E-state index contributed by atoms with van der Waals surface area (Å²) in [6.07, 6.45) is 0.872. The largest absolute Gasteiger partial charge is 0.342 e. The average Bonchev–Trinajstić information content (AvgIpc) is 2.50. The van der Waals surface area contributed by atoms with Gasteiger partial charge in [0.05, 0.1) is 4.90 Å². The highest BCUT2D eigenvalue weighted by Crippen LogP contribution is 2.13. The number of amides is 2. The van der Waals surface area contributed by atoms with Gasteiger partial charge in [0.15, 0.2) is 0 Å². The van der Waals surface area contributed by atoms with E-state index < -0.39 is 10.0 Å². The number of carbonyl (C=O) groups excluding carboxylic acids is 2. The Balaban J connectivity index is 2.62. The van der Waals surface area contributed by atoms with Crippen LogP contribution in [-0.4, -0.2) is 44.8 Å². The first kappa shape index (κ1) is 21.1. The van der Waals surface area contributed by atoms with Crippen molar-refractivity contribution in [1.82, 2.24) is 9.62 Å². The maximum absolute atomic E-state index is 12.3. The molecule has 0 fully saturated rings. The number of nitrogens with zero attached hydrogens (tertiary/aromatic N) is 1. The smallest absolute Gasteiger partial charge is 0.240 e. The summed E-state index contributed by atoms with van der Waals surface area (Å²) >= 11 is 0. The fourth-order valence-electron chi connectivity index (χ4n) is 2.16. The van der Waals surface area contributed by atoms with Crippen LogP contribution in [0.4, 0.5) is 5.69 Å². The molecule has 0 radical (unpaired) electrons. The molecule has 0 bridgehead atoms. The Morgan fingerprint density at radius 1 is 1.08 bits per heavy atom. The van der Waals surface area contributed by atoms with Gasteiger partial charge >= 0.3 is 0 Å². The first-order valence-corrected chi connectivity index (χ1v) is 9.73. The highest BCUT2D eigenvalue weighted by molar-refractivity contribution is 7.89. The molecule has 0 aromatic heterocycles. The number of anilines is 1. The van der Waals surface area contributed by atoms with E-state index in [1.165, 1.54) is 38.1 Å². The summed E-state index contributed by atoms with van der Waals surface area (Å²) in [5.41, 5.74) is 0.530. The van der Waals surface area contributed by atoms with Gasteiger partial charge in [-0.05, 0) is 36.6 Å². The molecule has 1 aromatic rings. The molecule has 1 aromatic carbocycles. The highest BCUT2D eigenvalue weighted by atomic mass is 32.2. The van der Waals surface area contributed by atoms with Crippen LogP contribution in [0.3, 0.4) is 0 Å². The second kappa shape index (κ2) is 9.53. The molecule has 0 aliphatic carbocycles. The van der Waals surface area contributed by atoms with Crippen molar-refractivity contribution in [1.29, 1.82) is 0 Å². The Morgan fingerprint density at radius 2 is 1.68 bits per heavy atom. The Bertz CT molecular complexity index is 684. The number of hydrogen-bond donors (Lipinski definition) is 2. The Morgan fingerprint density at radius 3 is 2.16 bits per heavy atom. The van der Waals surface area contributed by atoms with Gasteiger partial charge in [0.1, 0.15) is 0 Å². The van der Waals surface area contributed by atoms with Crippen molar-refractivity contribution in [2.75, 3.05) is 25.0 Å². The second-order valence-electron chi connectivity index (χ2n) is 6.29. The fraction of sp³-hybridized carbons (Fsp3) is 0.529. The van der Waals surface area contributed by atoms with E-state index in [0.29, 0.717) is 24.7 Å².